The highest BCUT2D eigenvalue weighted by Crippen LogP contribution is 2.36. The van der Waals surface area contributed by atoms with Crippen molar-refractivity contribution in [1.29, 1.82) is 0 Å². The molecular formula is C23H14BrNO4. The summed E-state index contributed by atoms with van der Waals surface area (Å²) in [4.78, 5) is 23.8. The predicted molar refractivity (Wildman–Crippen MR) is 115 cm³/mol. The molecule has 0 N–H and O–H groups in total. The van der Waals surface area contributed by atoms with Crippen LogP contribution in [-0.4, -0.2) is 10.7 Å². The van der Waals surface area contributed by atoms with Crippen molar-refractivity contribution in [2.24, 2.45) is 0 Å². The summed E-state index contributed by atoms with van der Waals surface area (Å²) in [6.45, 7) is 0. The molecule has 0 bridgehead atoms. The predicted octanol–water partition coefficient (Wildman–Crippen LogP) is 6.53. The summed E-state index contributed by atoms with van der Waals surface area (Å²) in [6.07, 6.45) is 0. The molecule has 29 heavy (non-hydrogen) atoms. The molecule has 0 saturated carbocycles. The zero-order chi connectivity index (χ0) is 20.4. The van der Waals surface area contributed by atoms with Crippen LogP contribution in [0.2, 0.25) is 0 Å². The van der Waals surface area contributed by atoms with E-state index in [1.54, 1.807) is 30.3 Å². The molecule has 4 aromatic rings. The van der Waals surface area contributed by atoms with Gasteiger partial charge in [-0.15, -0.1) is 0 Å². The first kappa shape index (κ1) is 18.8. The summed E-state index contributed by atoms with van der Waals surface area (Å²) in [5.74, 6) is 0.300. The van der Waals surface area contributed by atoms with E-state index in [1.165, 1.54) is 18.2 Å². The Morgan fingerprint density at radius 1 is 0.828 bits per heavy atom. The summed E-state index contributed by atoms with van der Waals surface area (Å²) in [7, 11) is 0. The van der Waals surface area contributed by atoms with Gasteiger partial charge in [-0.1, -0.05) is 52.3 Å². The standard InChI is InChI=1S/C23H14BrNO4/c24-18-11-8-16(9-12-18)23(26)17-10-13-22(20(14-17)25(27)28)29-21-7-3-5-15-4-1-2-6-19(15)21/h1-14H. The number of hydrogen-bond acceptors (Lipinski definition) is 4. The lowest BCUT2D eigenvalue weighted by atomic mass is 10.0. The molecule has 0 atom stereocenters. The van der Waals surface area contributed by atoms with Crippen LogP contribution in [0.15, 0.2) is 89.4 Å². The second-order valence-corrected chi connectivity index (χ2v) is 7.27. The highest BCUT2D eigenvalue weighted by molar-refractivity contribution is 9.10. The Balaban J connectivity index is 1.72. The van der Waals surface area contributed by atoms with E-state index in [0.29, 0.717) is 11.3 Å². The number of halogens is 1. The van der Waals surface area contributed by atoms with Gasteiger partial charge < -0.3 is 4.74 Å². The van der Waals surface area contributed by atoms with Crippen LogP contribution >= 0.6 is 15.9 Å². The Morgan fingerprint density at radius 3 is 2.28 bits per heavy atom. The molecule has 0 aromatic heterocycles. The van der Waals surface area contributed by atoms with Crippen LogP contribution in [0, 0.1) is 10.1 Å². The molecule has 0 amide bonds. The van der Waals surface area contributed by atoms with E-state index >= 15 is 0 Å². The third kappa shape index (κ3) is 3.88. The normalized spacial score (nSPS) is 10.7. The number of hydrogen-bond donors (Lipinski definition) is 0. The Labute approximate surface area is 174 Å². The quantitative estimate of drug-likeness (QED) is 0.198. The van der Waals surface area contributed by atoms with E-state index in [0.717, 1.165) is 15.2 Å². The number of carbonyl (C=O) groups is 1. The SMILES string of the molecule is O=C(c1ccc(Br)cc1)c1ccc(Oc2cccc3ccccc23)c([N+](=O)[O-])c1. The summed E-state index contributed by atoms with van der Waals surface area (Å²) >= 11 is 3.32. The summed E-state index contributed by atoms with van der Waals surface area (Å²) in [5.41, 5.74) is 0.412. The van der Waals surface area contributed by atoms with E-state index in [4.69, 9.17) is 4.74 Å². The monoisotopic (exact) mass is 447 g/mol. The maximum absolute atomic E-state index is 12.7. The number of carbonyl (C=O) groups excluding carboxylic acids is 1. The van der Waals surface area contributed by atoms with Gasteiger partial charge in [0.2, 0.25) is 5.75 Å². The summed E-state index contributed by atoms with van der Waals surface area (Å²) in [6, 6.07) is 24.2. The van der Waals surface area contributed by atoms with Gasteiger partial charge in [-0.25, -0.2) is 0 Å². The zero-order valence-electron chi connectivity index (χ0n) is 15.0. The van der Waals surface area contributed by atoms with Gasteiger partial charge >= 0.3 is 5.69 Å². The average molecular weight is 448 g/mol. The molecule has 4 rings (SSSR count). The Hall–Kier alpha value is -3.51. The number of fused-ring (bicyclic) bond motifs is 1. The molecule has 4 aromatic carbocycles. The second kappa shape index (κ2) is 7.85. The van der Waals surface area contributed by atoms with E-state index in [9.17, 15) is 14.9 Å². The van der Waals surface area contributed by atoms with Crippen molar-refractivity contribution in [2.75, 3.05) is 0 Å². The van der Waals surface area contributed by atoms with Crippen LogP contribution in [0.25, 0.3) is 10.8 Å². The van der Waals surface area contributed by atoms with E-state index < -0.39 is 4.92 Å². The van der Waals surface area contributed by atoms with Crippen LogP contribution in [0.4, 0.5) is 5.69 Å². The first-order valence-electron chi connectivity index (χ1n) is 8.77. The lowest BCUT2D eigenvalue weighted by molar-refractivity contribution is -0.385. The molecule has 0 aliphatic rings. The van der Waals surface area contributed by atoms with Crippen molar-refractivity contribution in [2.45, 2.75) is 0 Å². The third-order valence-electron chi connectivity index (χ3n) is 4.49. The highest BCUT2D eigenvalue weighted by Gasteiger charge is 2.20. The Morgan fingerprint density at radius 2 is 1.52 bits per heavy atom. The van der Waals surface area contributed by atoms with Gasteiger partial charge in [0, 0.05) is 27.1 Å². The molecule has 142 valence electrons. The van der Waals surface area contributed by atoms with E-state index in [1.807, 2.05) is 36.4 Å². The molecule has 0 radical (unpaired) electrons. The van der Waals surface area contributed by atoms with Crippen molar-refractivity contribution >= 4 is 38.2 Å². The maximum Gasteiger partial charge on any atom is 0.312 e. The van der Waals surface area contributed by atoms with Crippen LogP contribution < -0.4 is 4.74 Å². The van der Waals surface area contributed by atoms with Gasteiger partial charge in [0.05, 0.1) is 4.92 Å². The van der Waals surface area contributed by atoms with Crippen molar-refractivity contribution in [3.05, 3.63) is 111 Å². The first-order chi connectivity index (χ1) is 14.0. The number of ketones is 1. The van der Waals surface area contributed by atoms with Crippen LogP contribution in [0.5, 0.6) is 11.5 Å². The van der Waals surface area contributed by atoms with Crippen LogP contribution in [0.1, 0.15) is 15.9 Å². The van der Waals surface area contributed by atoms with Gasteiger partial charge in [0.1, 0.15) is 5.75 Å². The fourth-order valence-electron chi connectivity index (χ4n) is 3.06. The second-order valence-electron chi connectivity index (χ2n) is 6.35. The molecule has 0 fully saturated rings. The molecule has 0 heterocycles. The fourth-order valence-corrected chi connectivity index (χ4v) is 3.32. The highest BCUT2D eigenvalue weighted by atomic mass is 79.9. The molecule has 0 aliphatic heterocycles. The third-order valence-corrected chi connectivity index (χ3v) is 5.02. The summed E-state index contributed by atoms with van der Waals surface area (Å²) in [5, 5.41) is 13.5. The number of nitrogens with zero attached hydrogens (tertiary/aromatic N) is 1. The van der Waals surface area contributed by atoms with Gasteiger partial charge in [0.15, 0.2) is 5.78 Å². The lowest BCUT2D eigenvalue weighted by Gasteiger charge is -2.10. The number of nitro groups is 1. The number of rotatable bonds is 5. The minimum Gasteiger partial charge on any atom is -0.449 e. The lowest BCUT2D eigenvalue weighted by Crippen LogP contribution is -2.03. The Kier molecular flexibility index (Phi) is 5.10. The van der Waals surface area contributed by atoms with E-state index in [2.05, 4.69) is 15.9 Å². The zero-order valence-corrected chi connectivity index (χ0v) is 16.6. The van der Waals surface area contributed by atoms with Crippen molar-refractivity contribution in [1.82, 2.24) is 0 Å². The fraction of sp³-hybridized carbons (Fsp3) is 0. The minimum atomic E-state index is -0.543. The van der Waals surface area contributed by atoms with Crippen molar-refractivity contribution in [3.8, 4) is 11.5 Å². The molecule has 5 nitrogen and oxygen atoms in total. The largest absolute Gasteiger partial charge is 0.449 e. The van der Waals surface area contributed by atoms with Crippen LogP contribution in [0.3, 0.4) is 0 Å². The van der Waals surface area contributed by atoms with Crippen molar-refractivity contribution in [3.63, 3.8) is 0 Å². The number of benzene rings is 4. The van der Waals surface area contributed by atoms with Gasteiger partial charge in [-0.05, 0) is 47.9 Å². The molecule has 0 unspecified atom stereocenters. The minimum absolute atomic E-state index is 0.0821. The molecule has 0 spiro atoms. The molecule has 6 heteroatoms. The maximum atomic E-state index is 12.7. The first-order valence-corrected chi connectivity index (χ1v) is 9.56. The average Bonchev–Trinajstić information content (AvgIpc) is 2.74. The van der Waals surface area contributed by atoms with Gasteiger partial charge in [-0.3, -0.25) is 14.9 Å². The smallest absolute Gasteiger partial charge is 0.312 e. The molecule has 0 aliphatic carbocycles. The molecular weight excluding hydrogens is 434 g/mol. The topological polar surface area (TPSA) is 69.4 Å². The number of nitro benzene ring substituents is 1. The van der Waals surface area contributed by atoms with Gasteiger partial charge in [0.25, 0.3) is 0 Å². The molecule has 0 saturated heterocycles. The van der Waals surface area contributed by atoms with Gasteiger partial charge in [-0.2, -0.15) is 0 Å². The van der Waals surface area contributed by atoms with Crippen molar-refractivity contribution < 1.29 is 14.5 Å². The Bertz CT molecular complexity index is 1230. The summed E-state index contributed by atoms with van der Waals surface area (Å²) < 4.78 is 6.73. The van der Waals surface area contributed by atoms with E-state index in [-0.39, 0.29) is 22.8 Å². The number of ether oxygens (including phenoxy) is 1. The van der Waals surface area contributed by atoms with Crippen LogP contribution in [-0.2, 0) is 0 Å².